The summed E-state index contributed by atoms with van der Waals surface area (Å²) in [5.41, 5.74) is 3.57. The molecule has 0 atom stereocenters. The van der Waals surface area contributed by atoms with E-state index in [9.17, 15) is 0 Å². The molecule has 0 radical (unpaired) electrons. The minimum Gasteiger partial charge on any atom is -0.368 e. The number of nitrogens with two attached hydrogens (primary N) is 1. The topological polar surface area (TPSA) is 75.9 Å². The van der Waals surface area contributed by atoms with Gasteiger partial charge in [0, 0.05) is 16.9 Å². The summed E-state index contributed by atoms with van der Waals surface area (Å²) in [7, 11) is 0. The van der Waals surface area contributed by atoms with Crippen molar-refractivity contribution in [3.05, 3.63) is 11.4 Å². The molecule has 0 spiro atoms. The van der Waals surface area contributed by atoms with Gasteiger partial charge >= 0.3 is 0 Å². The third kappa shape index (κ3) is 2.63. The molecule has 0 amide bonds. The van der Waals surface area contributed by atoms with Crippen LogP contribution in [0.3, 0.4) is 0 Å². The molecule has 94 valence electrons. The number of hydrogen-bond acceptors (Lipinski definition) is 6. The number of aromatic nitrogens is 2. The zero-order valence-electron chi connectivity index (χ0n) is 10.5. The third-order valence-corrected chi connectivity index (χ3v) is 4.63. The number of aryl methyl sites for hydroxylation is 1. The molecule has 0 saturated heterocycles. The molecule has 0 aliphatic heterocycles. The van der Waals surface area contributed by atoms with Crippen LogP contribution in [0, 0.1) is 13.8 Å². The van der Waals surface area contributed by atoms with Crippen molar-refractivity contribution in [1.82, 2.24) is 9.97 Å². The summed E-state index contributed by atoms with van der Waals surface area (Å²) in [6.45, 7) is 4.79. The average molecular weight is 253 g/mol. The Morgan fingerprint density at radius 2 is 1.94 bits per heavy atom. The molecule has 1 aromatic rings. The van der Waals surface area contributed by atoms with Crippen LogP contribution in [0.25, 0.3) is 0 Å². The van der Waals surface area contributed by atoms with Crippen molar-refractivity contribution in [2.45, 2.75) is 31.4 Å². The second kappa shape index (κ2) is 4.70. The highest BCUT2D eigenvalue weighted by Gasteiger charge is 2.41. The fraction of sp³-hybridized carbons (Fsp3) is 0.636. The van der Waals surface area contributed by atoms with Gasteiger partial charge in [-0.2, -0.15) is 11.8 Å². The maximum absolute atomic E-state index is 5.44. The van der Waals surface area contributed by atoms with Gasteiger partial charge in [-0.15, -0.1) is 0 Å². The van der Waals surface area contributed by atoms with Gasteiger partial charge in [0.05, 0.1) is 0 Å². The number of anilines is 2. The summed E-state index contributed by atoms with van der Waals surface area (Å²) in [6, 6.07) is 0. The molecule has 0 bridgehead atoms. The highest BCUT2D eigenvalue weighted by atomic mass is 32.2. The molecular weight excluding hydrogens is 234 g/mol. The lowest BCUT2D eigenvalue weighted by Crippen LogP contribution is -2.20. The SMILES string of the molecule is CSC1(CNc2nc(C)nc(NN)c2C)CC1. The molecule has 1 fully saturated rings. The molecule has 1 aliphatic rings. The van der Waals surface area contributed by atoms with Gasteiger partial charge in [-0.3, -0.25) is 0 Å². The van der Waals surface area contributed by atoms with Crippen LogP contribution < -0.4 is 16.6 Å². The number of hydrazine groups is 1. The zero-order chi connectivity index (χ0) is 12.5. The van der Waals surface area contributed by atoms with E-state index in [0.717, 1.165) is 23.8 Å². The molecule has 1 saturated carbocycles. The molecule has 4 N–H and O–H groups in total. The van der Waals surface area contributed by atoms with Gasteiger partial charge in [0.2, 0.25) is 0 Å². The van der Waals surface area contributed by atoms with Crippen LogP contribution in [0.2, 0.25) is 0 Å². The molecule has 1 aromatic heterocycles. The van der Waals surface area contributed by atoms with Gasteiger partial charge in [-0.25, -0.2) is 15.8 Å². The standard InChI is InChI=1S/C11H19N5S/c1-7-9(13-6-11(17-3)4-5-11)14-8(2)15-10(7)16-12/h4-6,12H2,1-3H3,(H2,13,14,15,16). The van der Waals surface area contributed by atoms with Gasteiger partial charge in [-0.1, -0.05) is 0 Å². The van der Waals surface area contributed by atoms with Gasteiger partial charge in [0.25, 0.3) is 0 Å². The van der Waals surface area contributed by atoms with Crippen molar-refractivity contribution in [1.29, 1.82) is 0 Å². The predicted molar refractivity (Wildman–Crippen MR) is 73.3 cm³/mol. The van der Waals surface area contributed by atoms with Crippen molar-refractivity contribution < 1.29 is 0 Å². The largest absolute Gasteiger partial charge is 0.368 e. The normalized spacial score (nSPS) is 16.7. The number of thioether (sulfide) groups is 1. The lowest BCUT2D eigenvalue weighted by Gasteiger charge is -2.16. The minimum atomic E-state index is 0.418. The molecule has 0 aromatic carbocycles. The fourth-order valence-corrected chi connectivity index (χ4v) is 2.51. The maximum atomic E-state index is 5.44. The summed E-state index contributed by atoms with van der Waals surface area (Å²) in [5, 5.41) is 3.41. The van der Waals surface area contributed by atoms with E-state index in [1.54, 1.807) is 0 Å². The number of nitrogen functional groups attached to an aromatic ring is 1. The highest BCUT2D eigenvalue weighted by molar-refractivity contribution is 8.00. The molecule has 1 aliphatic carbocycles. The van der Waals surface area contributed by atoms with Crippen LogP contribution in [0.5, 0.6) is 0 Å². The Balaban J connectivity index is 2.12. The second-order valence-electron chi connectivity index (χ2n) is 4.48. The molecule has 6 heteroatoms. The van der Waals surface area contributed by atoms with Crippen LogP contribution in [0.15, 0.2) is 0 Å². The Hall–Kier alpha value is -1.01. The molecular formula is C11H19N5S. The first-order valence-electron chi connectivity index (χ1n) is 5.71. The summed E-state index contributed by atoms with van der Waals surface area (Å²) < 4.78 is 0.418. The van der Waals surface area contributed by atoms with Crippen molar-refractivity contribution in [3.63, 3.8) is 0 Å². The van der Waals surface area contributed by atoms with E-state index >= 15 is 0 Å². The number of nitrogens with one attached hydrogen (secondary N) is 2. The van der Waals surface area contributed by atoms with Crippen LogP contribution in [0.4, 0.5) is 11.6 Å². The van der Waals surface area contributed by atoms with Gasteiger partial charge in [0.15, 0.2) is 0 Å². The Morgan fingerprint density at radius 3 is 2.47 bits per heavy atom. The van der Waals surface area contributed by atoms with Crippen LogP contribution in [0.1, 0.15) is 24.2 Å². The van der Waals surface area contributed by atoms with Crippen LogP contribution in [-0.4, -0.2) is 27.5 Å². The Kier molecular flexibility index (Phi) is 3.44. The first kappa shape index (κ1) is 12.4. The van der Waals surface area contributed by atoms with Crippen molar-refractivity contribution in [2.75, 3.05) is 23.5 Å². The van der Waals surface area contributed by atoms with E-state index < -0.39 is 0 Å². The van der Waals surface area contributed by atoms with Gasteiger partial charge < -0.3 is 10.7 Å². The lowest BCUT2D eigenvalue weighted by atomic mass is 10.3. The second-order valence-corrected chi connectivity index (χ2v) is 5.75. The number of nitrogens with zero attached hydrogens (tertiary/aromatic N) is 2. The fourth-order valence-electron chi connectivity index (χ4n) is 1.78. The Labute approximate surface area is 106 Å². The summed E-state index contributed by atoms with van der Waals surface area (Å²) >= 11 is 1.93. The molecule has 5 nitrogen and oxygen atoms in total. The summed E-state index contributed by atoms with van der Waals surface area (Å²) in [6.07, 6.45) is 4.73. The van der Waals surface area contributed by atoms with Crippen LogP contribution in [-0.2, 0) is 0 Å². The Morgan fingerprint density at radius 1 is 1.29 bits per heavy atom. The molecule has 2 rings (SSSR count). The van der Waals surface area contributed by atoms with E-state index in [1.807, 2.05) is 25.6 Å². The third-order valence-electron chi connectivity index (χ3n) is 3.21. The molecule has 1 heterocycles. The Bertz CT molecular complexity index is 417. The first-order valence-corrected chi connectivity index (χ1v) is 6.93. The monoisotopic (exact) mass is 253 g/mol. The summed E-state index contributed by atoms with van der Waals surface area (Å²) in [5.74, 6) is 7.73. The zero-order valence-corrected chi connectivity index (χ0v) is 11.3. The van der Waals surface area contributed by atoms with E-state index in [-0.39, 0.29) is 0 Å². The molecule has 17 heavy (non-hydrogen) atoms. The number of hydrogen-bond donors (Lipinski definition) is 3. The average Bonchev–Trinajstić information content (AvgIpc) is 3.10. The van der Waals surface area contributed by atoms with E-state index in [4.69, 9.17) is 5.84 Å². The highest BCUT2D eigenvalue weighted by Crippen LogP contribution is 2.47. The van der Waals surface area contributed by atoms with Gasteiger partial charge in [-0.05, 0) is 32.9 Å². The minimum absolute atomic E-state index is 0.418. The van der Waals surface area contributed by atoms with E-state index in [0.29, 0.717) is 10.6 Å². The summed E-state index contributed by atoms with van der Waals surface area (Å²) in [4.78, 5) is 8.66. The quantitative estimate of drug-likeness (QED) is 0.547. The first-order chi connectivity index (χ1) is 8.10. The van der Waals surface area contributed by atoms with E-state index in [1.165, 1.54) is 12.8 Å². The van der Waals surface area contributed by atoms with Crippen molar-refractivity contribution in [2.24, 2.45) is 5.84 Å². The van der Waals surface area contributed by atoms with Gasteiger partial charge in [0.1, 0.15) is 17.5 Å². The van der Waals surface area contributed by atoms with Crippen LogP contribution >= 0.6 is 11.8 Å². The van der Waals surface area contributed by atoms with Crippen molar-refractivity contribution in [3.8, 4) is 0 Å². The lowest BCUT2D eigenvalue weighted by molar-refractivity contribution is 0.923. The number of rotatable bonds is 5. The smallest absolute Gasteiger partial charge is 0.148 e. The van der Waals surface area contributed by atoms with Crippen molar-refractivity contribution >= 4 is 23.4 Å². The maximum Gasteiger partial charge on any atom is 0.148 e. The molecule has 0 unspecified atom stereocenters. The predicted octanol–water partition coefficient (Wildman–Crippen LogP) is 1.69. The van der Waals surface area contributed by atoms with E-state index in [2.05, 4.69) is 27.0 Å².